The summed E-state index contributed by atoms with van der Waals surface area (Å²) in [6, 6.07) is 13.7. The third-order valence-electron chi connectivity index (χ3n) is 3.75. The highest BCUT2D eigenvalue weighted by molar-refractivity contribution is 5.85. The van der Waals surface area contributed by atoms with Gasteiger partial charge in [-0.3, -0.25) is 0 Å². The molecule has 132 valence electrons. The number of benzene rings is 2. The van der Waals surface area contributed by atoms with Crippen molar-refractivity contribution in [1.82, 2.24) is 0 Å². The summed E-state index contributed by atoms with van der Waals surface area (Å²) in [5.74, 6) is 2.05. The minimum atomic E-state index is -0.0921. The number of ether oxygens (including phenoxy) is 3. The predicted octanol–water partition coefficient (Wildman–Crippen LogP) is 4.50. The first-order valence-electron chi connectivity index (χ1n) is 7.87. The van der Waals surface area contributed by atoms with Gasteiger partial charge in [0.05, 0.1) is 14.2 Å². The minimum absolute atomic E-state index is 0. The first-order chi connectivity index (χ1) is 11.2. The summed E-state index contributed by atoms with van der Waals surface area (Å²) in [7, 11) is 3.24. The second-order valence-corrected chi connectivity index (χ2v) is 5.41. The van der Waals surface area contributed by atoms with Crippen molar-refractivity contribution in [1.29, 1.82) is 0 Å². The molecular weight excluding hydrogens is 326 g/mol. The van der Waals surface area contributed by atoms with Gasteiger partial charge in [0.1, 0.15) is 12.4 Å². The van der Waals surface area contributed by atoms with Crippen molar-refractivity contribution < 1.29 is 14.2 Å². The topological polar surface area (TPSA) is 53.7 Å². The Morgan fingerprint density at radius 2 is 1.58 bits per heavy atom. The summed E-state index contributed by atoms with van der Waals surface area (Å²) in [5.41, 5.74) is 8.37. The van der Waals surface area contributed by atoms with Crippen LogP contribution >= 0.6 is 12.4 Å². The molecule has 2 rings (SSSR count). The number of hydrogen-bond acceptors (Lipinski definition) is 4. The molecule has 0 unspecified atom stereocenters. The molecule has 5 heteroatoms. The lowest BCUT2D eigenvalue weighted by Gasteiger charge is -2.19. The lowest BCUT2D eigenvalue weighted by Crippen LogP contribution is -2.12. The maximum atomic E-state index is 6.31. The number of nitrogens with two attached hydrogens (primary N) is 1. The molecule has 0 amide bonds. The summed E-state index contributed by atoms with van der Waals surface area (Å²) in [5, 5.41) is 0. The Labute approximate surface area is 150 Å². The molecule has 2 aromatic carbocycles. The molecule has 0 aliphatic heterocycles. The second kappa shape index (κ2) is 10.1. The molecule has 0 aliphatic carbocycles. The van der Waals surface area contributed by atoms with Crippen LogP contribution in [0, 0.1) is 0 Å². The Hall–Kier alpha value is -1.91. The molecule has 1 atom stereocenters. The summed E-state index contributed by atoms with van der Waals surface area (Å²) in [6.07, 6.45) is 1.89. The van der Waals surface area contributed by atoms with Gasteiger partial charge in [-0.15, -0.1) is 12.4 Å². The fraction of sp³-hybridized carbons (Fsp3) is 0.368. The molecule has 0 spiro atoms. The zero-order valence-electron chi connectivity index (χ0n) is 14.5. The summed E-state index contributed by atoms with van der Waals surface area (Å²) < 4.78 is 16.8. The quantitative estimate of drug-likeness (QED) is 0.760. The third kappa shape index (κ3) is 5.05. The Kier molecular flexibility index (Phi) is 8.44. The van der Waals surface area contributed by atoms with Crippen molar-refractivity contribution in [3.05, 3.63) is 53.6 Å². The average Bonchev–Trinajstić information content (AvgIpc) is 2.60. The van der Waals surface area contributed by atoms with Gasteiger partial charge >= 0.3 is 0 Å². The van der Waals surface area contributed by atoms with E-state index in [-0.39, 0.29) is 18.4 Å². The van der Waals surface area contributed by atoms with Crippen LogP contribution in [0.15, 0.2) is 42.5 Å². The lowest BCUT2D eigenvalue weighted by molar-refractivity contribution is 0.294. The molecule has 24 heavy (non-hydrogen) atoms. The first-order valence-corrected chi connectivity index (χ1v) is 7.87. The molecule has 0 saturated carbocycles. The van der Waals surface area contributed by atoms with Gasteiger partial charge in [0.2, 0.25) is 0 Å². The van der Waals surface area contributed by atoms with Crippen LogP contribution in [0.3, 0.4) is 0 Å². The smallest absolute Gasteiger partial charge is 0.164 e. The van der Waals surface area contributed by atoms with E-state index in [4.69, 9.17) is 19.9 Å². The standard InChI is InChI=1S/C19H25NO3.ClH/c1-4-8-16(20)15-11-18(21-2)19(22-3)12-17(15)23-13-14-9-6-5-7-10-14;/h5-7,9-12,16H,4,8,13,20H2,1-3H3;1H/t16-;/m1./s1. The average molecular weight is 352 g/mol. The van der Waals surface area contributed by atoms with Gasteiger partial charge in [0.15, 0.2) is 11.5 Å². The van der Waals surface area contributed by atoms with Crippen LogP contribution in [0.4, 0.5) is 0 Å². The van der Waals surface area contributed by atoms with Crippen molar-refractivity contribution >= 4 is 12.4 Å². The monoisotopic (exact) mass is 351 g/mol. The van der Waals surface area contributed by atoms with Crippen LogP contribution in [0.2, 0.25) is 0 Å². The molecule has 0 saturated heterocycles. The van der Waals surface area contributed by atoms with E-state index in [1.807, 2.05) is 42.5 Å². The molecule has 0 radical (unpaired) electrons. The summed E-state index contributed by atoms with van der Waals surface area (Å²) in [4.78, 5) is 0. The zero-order valence-corrected chi connectivity index (χ0v) is 15.3. The number of halogens is 1. The van der Waals surface area contributed by atoms with Gasteiger partial charge in [-0.05, 0) is 18.1 Å². The maximum Gasteiger partial charge on any atom is 0.164 e. The van der Waals surface area contributed by atoms with Crippen molar-refractivity contribution in [2.75, 3.05) is 14.2 Å². The Balaban J connectivity index is 0.00000288. The van der Waals surface area contributed by atoms with E-state index in [2.05, 4.69) is 6.92 Å². The van der Waals surface area contributed by atoms with Crippen LogP contribution in [-0.2, 0) is 6.61 Å². The van der Waals surface area contributed by atoms with E-state index in [9.17, 15) is 0 Å². The van der Waals surface area contributed by atoms with E-state index in [1.54, 1.807) is 14.2 Å². The molecule has 2 aromatic rings. The molecule has 0 bridgehead atoms. The zero-order chi connectivity index (χ0) is 16.7. The molecule has 0 fully saturated rings. The molecule has 2 N–H and O–H groups in total. The van der Waals surface area contributed by atoms with Crippen LogP contribution in [0.25, 0.3) is 0 Å². The van der Waals surface area contributed by atoms with Crippen LogP contribution in [-0.4, -0.2) is 14.2 Å². The van der Waals surface area contributed by atoms with Gasteiger partial charge in [0, 0.05) is 17.7 Å². The van der Waals surface area contributed by atoms with Gasteiger partial charge in [-0.25, -0.2) is 0 Å². The third-order valence-corrected chi connectivity index (χ3v) is 3.75. The number of rotatable bonds is 8. The van der Waals surface area contributed by atoms with Crippen molar-refractivity contribution in [3.8, 4) is 17.2 Å². The highest BCUT2D eigenvalue weighted by atomic mass is 35.5. The lowest BCUT2D eigenvalue weighted by atomic mass is 10.0. The van der Waals surface area contributed by atoms with Crippen LogP contribution in [0.5, 0.6) is 17.2 Å². The van der Waals surface area contributed by atoms with Crippen molar-refractivity contribution in [2.45, 2.75) is 32.4 Å². The predicted molar refractivity (Wildman–Crippen MR) is 99.4 cm³/mol. The fourth-order valence-corrected chi connectivity index (χ4v) is 2.49. The number of methoxy groups -OCH3 is 2. The molecular formula is C19H26ClNO3. The van der Waals surface area contributed by atoms with E-state index < -0.39 is 0 Å². The summed E-state index contributed by atoms with van der Waals surface area (Å²) in [6.45, 7) is 2.60. The minimum Gasteiger partial charge on any atom is -0.493 e. The van der Waals surface area contributed by atoms with Gasteiger partial charge < -0.3 is 19.9 Å². The van der Waals surface area contributed by atoms with E-state index in [1.165, 1.54) is 0 Å². The van der Waals surface area contributed by atoms with Gasteiger partial charge in [-0.2, -0.15) is 0 Å². The largest absolute Gasteiger partial charge is 0.493 e. The second-order valence-electron chi connectivity index (χ2n) is 5.41. The van der Waals surface area contributed by atoms with Crippen LogP contribution < -0.4 is 19.9 Å². The molecule has 4 nitrogen and oxygen atoms in total. The number of hydrogen-bond donors (Lipinski definition) is 1. The first kappa shape index (κ1) is 20.1. The Bertz CT molecular complexity index is 620. The molecule has 0 aromatic heterocycles. The maximum absolute atomic E-state index is 6.31. The van der Waals surface area contributed by atoms with Crippen molar-refractivity contribution in [2.24, 2.45) is 5.73 Å². The van der Waals surface area contributed by atoms with Crippen LogP contribution in [0.1, 0.15) is 36.9 Å². The Morgan fingerprint density at radius 3 is 2.17 bits per heavy atom. The SMILES string of the molecule is CCC[C@@H](N)c1cc(OC)c(OC)cc1OCc1ccccc1.Cl. The highest BCUT2D eigenvalue weighted by Crippen LogP contribution is 2.38. The Morgan fingerprint density at radius 1 is 0.958 bits per heavy atom. The van der Waals surface area contributed by atoms with E-state index in [0.717, 1.165) is 29.7 Å². The van der Waals surface area contributed by atoms with Gasteiger partial charge in [0.25, 0.3) is 0 Å². The fourth-order valence-electron chi connectivity index (χ4n) is 2.49. The van der Waals surface area contributed by atoms with E-state index in [0.29, 0.717) is 18.1 Å². The molecule has 0 aliphatic rings. The van der Waals surface area contributed by atoms with Gasteiger partial charge in [-0.1, -0.05) is 43.7 Å². The van der Waals surface area contributed by atoms with E-state index >= 15 is 0 Å². The summed E-state index contributed by atoms with van der Waals surface area (Å²) >= 11 is 0. The van der Waals surface area contributed by atoms with Crippen molar-refractivity contribution in [3.63, 3.8) is 0 Å². The highest BCUT2D eigenvalue weighted by Gasteiger charge is 2.17. The normalized spacial score (nSPS) is 11.3. The molecule has 0 heterocycles.